The zero-order chi connectivity index (χ0) is 14.3. The predicted molar refractivity (Wildman–Crippen MR) is 83.7 cm³/mol. The van der Waals surface area contributed by atoms with Crippen LogP contribution in [0.3, 0.4) is 0 Å². The third-order valence-electron chi connectivity index (χ3n) is 3.67. The second-order valence-electron chi connectivity index (χ2n) is 6.36. The van der Waals surface area contributed by atoms with E-state index in [-0.39, 0.29) is 0 Å². The molecule has 0 bridgehead atoms. The SMILES string of the molecule is CN=C(NCCCN(C)C)N1CCC(CC(C)C)C1. The number of rotatable bonds is 6. The number of likely N-dealkylation sites (tertiary alicyclic amines) is 1. The minimum Gasteiger partial charge on any atom is -0.356 e. The third-order valence-corrected chi connectivity index (χ3v) is 3.67. The smallest absolute Gasteiger partial charge is 0.193 e. The van der Waals surface area contributed by atoms with Gasteiger partial charge in [-0.1, -0.05) is 13.8 Å². The van der Waals surface area contributed by atoms with Crippen molar-refractivity contribution in [3.63, 3.8) is 0 Å². The summed E-state index contributed by atoms with van der Waals surface area (Å²) in [6, 6.07) is 0. The molecule has 0 aromatic rings. The van der Waals surface area contributed by atoms with Gasteiger partial charge in [0.15, 0.2) is 5.96 Å². The summed E-state index contributed by atoms with van der Waals surface area (Å²) in [5, 5.41) is 3.49. The van der Waals surface area contributed by atoms with Crippen LogP contribution in [0.5, 0.6) is 0 Å². The van der Waals surface area contributed by atoms with Gasteiger partial charge in [-0.15, -0.1) is 0 Å². The van der Waals surface area contributed by atoms with E-state index in [0.29, 0.717) is 0 Å². The van der Waals surface area contributed by atoms with Crippen LogP contribution in [0, 0.1) is 11.8 Å². The summed E-state index contributed by atoms with van der Waals surface area (Å²) >= 11 is 0. The van der Waals surface area contributed by atoms with Crippen molar-refractivity contribution in [1.29, 1.82) is 0 Å². The summed E-state index contributed by atoms with van der Waals surface area (Å²) in [6.45, 7) is 9.10. The fraction of sp³-hybridized carbons (Fsp3) is 0.933. The zero-order valence-electron chi connectivity index (χ0n) is 13.4. The quantitative estimate of drug-likeness (QED) is 0.453. The van der Waals surface area contributed by atoms with E-state index in [0.717, 1.165) is 43.9 Å². The van der Waals surface area contributed by atoms with Gasteiger partial charge in [0.1, 0.15) is 0 Å². The van der Waals surface area contributed by atoms with E-state index in [2.05, 4.69) is 48.1 Å². The molecular weight excluding hydrogens is 236 g/mol. The topological polar surface area (TPSA) is 30.9 Å². The molecule has 0 saturated carbocycles. The Hall–Kier alpha value is -0.770. The lowest BCUT2D eigenvalue weighted by Crippen LogP contribution is -2.41. The maximum Gasteiger partial charge on any atom is 0.193 e. The predicted octanol–water partition coefficient (Wildman–Crippen LogP) is 1.88. The Labute approximate surface area is 119 Å². The monoisotopic (exact) mass is 268 g/mol. The number of nitrogens with zero attached hydrogens (tertiary/aromatic N) is 3. The van der Waals surface area contributed by atoms with Gasteiger partial charge in [0.25, 0.3) is 0 Å². The van der Waals surface area contributed by atoms with Crippen molar-refractivity contribution in [2.24, 2.45) is 16.8 Å². The van der Waals surface area contributed by atoms with E-state index in [1.165, 1.54) is 19.4 Å². The second-order valence-corrected chi connectivity index (χ2v) is 6.36. The summed E-state index contributed by atoms with van der Waals surface area (Å²) in [5.41, 5.74) is 0. The van der Waals surface area contributed by atoms with E-state index in [9.17, 15) is 0 Å². The first-order valence-electron chi connectivity index (χ1n) is 7.63. The standard InChI is InChI=1S/C15H32N4/c1-13(2)11-14-7-10-19(12-14)15(16-3)17-8-6-9-18(4)5/h13-14H,6-12H2,1-5H3,(H,16,17). The zero-order valence-corrected chi connectivity index (χ0v) is 13.4. The van der Waals surface area contributed by atoms with Crippen molar-refractivity contribution in [3.8, 4) is 0 Å². The summed E-state index contributed by atoms with van der Waals surface area (Å²) in [6.07, 6.45) is 3.82. The van der Waals surface area contributed by atoms with Gasteiger partial charge in [0.2, 0.25) is 0 Å². The number of guanidine groups is 1. The van der Waals surface area contributed by atoms with Crippen LogP contribution in [0.15, 0.2) is 4.99 Å². The van der Waals surface area contributed by atoms with Crippen LogP contribution < -0.4 is 5.32 Å². The Balaban J connectivity index is 2.28. The molecule has 0 amide bonds. The number of hydrogen-bond donors (Lipinski definition) is 1. The maximum absolute atomic E-state index is 4.42. The first-order chi connectivity index (χ1) is 9.02. The molecule has 4 nitrogen and oxygen atoms in total. The number of aliphatic imine (C=N–C) groups is 1. The highest BCUT2D eigenvalue weighted by Gasteiger charge is 2.24. The normalized spacial score (nSPS) is 20.7. The van der Waals surface area contributed by atoms with Gasteiger partial charge in [0, 0.05) is 26.7 Å². The van der Waals surface area contributed by atoms with Crippen LogP contribution in [0.25, 0.3) is 0 Å². The molecule has 19 heavy (non-hydrogen) atoms. The highest BCUT2D eigenvalue weighted by Crippen LogP contribution is 2.23. The minimum absolute atomic E-state index is 0.806. The Morgan fingerprint density at radius 1 is 1.42 bits per heavy atom. The number of hydrogen-bond acceptors (Lipinski definition) is 2. The van der Waals surface area contributed by atoms with Crippen molar-refractivity contribution in [2.45, 2.75) is 33.1 Å². The molecular formula is C15H32N4. The molecule has 1 rings (SSSR count). The lowest BCUT2D eigenvalue weighted by atomic mass is 9.97. The average molecular weight is 268 g/mol. The minimum atomic E-state index is 0.806. The molecule has 1 atom stereocenters. The molecule has 1 unspecified atom stereocenters. The molecule has 0 radical (unpaired) electrons. The molecule has 1 heterocycles. The lowest BCUT2D eigenvalue weighted by Gasteiger charge is -2.22. The summed E-state index contributed by atoms with van der Waals surface area (Å²) in [7, 11) is 6.13. The fourth-order valence-corrected chi connectivity index (χ4v) is 2.81. The Bertz CT molecular complexity index is 273. The van der Waals surface area contributed by atoms with Gasteiger partial charge < -0.3 is 15.1 Å². The average Bonchev–Trinajstić information content (AvgIpc) is 2.76. The molecule has 0 spiro atoms. The Morgan fingerprint density at radius 2 is 2.16 bits per heavy atom. The van der Waals surface area contributed by atoms with Crippen LogP contribution in [-0.4, -0.2) is 63.1 Å². The van der Waals surface area contributed by atoms with Crippen LogP contribution in [-0.2, 0) is 0 Å². The van der Waals surface area contributed by atoms with Crippen LogP contribution in [0.2, 0.25) is 0 Å². The molecule has 1 fully saturated rings. The largest absolute Gasteiger partial charge is 0.356 e. The summed E-state index contributed by atoms with van der Waals surface area (Å²) in [4.78, 5) is 9.06. The van der Waals surface area contributed by atoms with E-state index in [1.54, 1.807) is 0 Å². The molecule has 112 valence electrons. The molecule has 1 aliphatic rings. The Kier molecular flexibility index (Phi) is 7.21. The summed E-state index contributed by atoms with van der Waals surface area (Å²) in [5.74, 6) is 2.74. The lowest BCUT2D eigenvalue weighted by molar-refractivity contribution is 0.390. The highest BCUT2D eigenvalue weighted by atomic mass is 15.3. The molecule has 0 aromatic carbocycles. The van der Waals surface area contributed by atoms with Gasteiger partial charge in [0.05, 0.1) is 0 Å². The van der Waals surface area contributed by atoms with Gasteiger partial charge in [-0.25, -0.2) is 0 Å². The van der Waals surface area contributed by atoms with Gasteiger partial charge in [-0.05, 0) is 51.7 Å². The molecule has 1 saturated heterocycles. The first-order valence-corrected chi connectivity index (χ1v) is 7.63. The van der Waals surface area contributed by atoms with Gasteiger partial charge >= 0.3 is 0 Å². The molecule has 4 heteroatoms. The van der Waals surface area contributed by atoms with Crippen LogP contribution in [0.1, 0.15) is 33.1 Å². The summed E-state index contributed by atoms with van der Waals surface area (Å²) < 4.78 is 0. The molecule has 1 N–H and O–H groups in total. The van der Waals surface area contributed by atoms with Crippen LogP contribution >= 0.6 is 0 Å². The van der Waals surface area contributed by atoms with Crippen molar-refractivity contribution in [3.05, 3.63) is 0 Å². The van der Waals surface area contributed by atoms with Crippen molar-refractivity contribution in [2.75, 3.05) is 47.3 Å². The van der Waals surface area contributed by atoms with E-state index >= 15 is 0 Å². The first kappa shape index (κ1) is 16.3. The van der Waals surface area contributed by atoms with Crippen molar-refractivity contribution < 1.29 is 0 Å². The second kappa shape index (κ2) is 8.41. The highest BCUT2D eigenvalue weighted by molar-refractivity contribution is 5.80. The molecule has 0 aromatic heterocycles. The fourth-order valence-electron chi connectivity index (χ4n) is 2.81. The van der Waals surface area contributed by atoms with E-state index in [1.807, 2.05) is 7.05 Å². The van der Waals surface area contributed by atoms with Gasteiger partial charge in [-0.2, -0.15) is 0 Å². The van der Waals surface area contributed by atoms with Crippen molar-refractivity contribution in [1.82, 2.24) is 15.1 Å². The maximum atomic E-state index is 4.42. The van der Waals surface area contributed by atoms with E-state index < -0.39 is 0 Å². The van der Waals surface area contributed by atoms with E-state index in [4.69, 9.17) is 0 Å². The number of nitrogens with one attached hydrogen (secondary N) is 1. The van der Waals surface area contributed by atoms with Crippen molar-refractivity contribution >= 4 is 5.96 Å². The Morgan fingerprint density at radius 3 is 2.74 bits per heavy atom. The third kappa shape index (κ3) is 6.28. The van der Waals surface area contributed by atoms with Gasteiger partial charge in [-0.3, -0.25) is 4.99 Å². The molecule has 1 aliphatic heterocycles. The molecule has 0 aliphatic carbocycles. The van der Waals surface area contributed by atoms with Crippen LogP contribution in [0.4, 0.5) is 0 Å².